The lowest BCUT2D eigenvalue weighted by Gasteiger charge is -2.25. The summed E-state index contributed by atoms with van der Waals surface area (Å²) in [5.74, 6) is 3.38. The van der Waals surface area contributed by atoms with Gasteiger partial charge in [0.2, 0.25) is 5.91 Å². The molecule has 0 aromatic rings. The van der Waals surface area contributed by atoms with Gasteiger partial charge in [0, 0.05) is 24.7 Å². The van der Waals surface area contributed by atoms with E-state index in [1.165, 1.54) is 76.3 Å². The topological polar surface area (TPSA) is 73.9 Å². The Labute approximate surface area is 220 Å². The molecule has 1 saturated heterocycles. The highest BCUT2D eigenvalue weighted by Crippen LogP contribution is 2.52. The fraction of sp³-hybridized carbons (Fsp3) is 0.903. The monoisotopic (exact) mass is 502 g/mol. The summed E-state index contributed by atoms with van der Waals surface area (Å²) >= 11 is 0. The zero-order valence-corrected chi connectivity index (χ0v) is 23.0. The first-order valence-corrected chi connectivity index (χ1v) is 15.5. The Morgan fingerprint density at radius 2 is 1.58 bits per heavy atom. The van der Waals surface area contributed by atoms with Crippen LogP contribution in [-0.4, -0.2) is 41.9 Å². The number of aliphatic hydroxyl groups excluding tert-OH is 1. The van der Waals surface area contributed by atoms with Crippen LogP contribution in [0.15, 0.2) is 12.3 Å². The van der Waals surface area contributed by atoms with E-state index in [0.717, 1.165) is 62.8 Å². The van der Waals surface area contributed by atoms with E-state index in [-0.39, 0.29) is 12.0 Å². The molecule has 5 nitrogen and oxygen atoms in total. The number of carbonyl (C=O) groups excluding carboxylic acids is 1. The zero-order chi connectivity index (χ0) is 25.3. The fourth-order valence-electron chi connectivity index (χ4n) is 7.10. The van der Waals surface area contributed by atoms with E-state index >= 15 is 0 Å². The van der Waals surface area contributed by atoms with Crippen LogP contribution in [0.3, 0.4) is 0 Å². The van der Waals surface area contributed by atoms with Gasteiger partial charge in [0.25, 0.3) is 0 Å². The Morgan fingerprint density at radius 3 is 2.31 bits per heavy atom. The number of carbonyl (C=O) groups is 1. The summed E-state index contributed by atoms with van der Waals surface area (Å²) in [6, 6.07) is 0.445. The van der Waals surface area contributed by atoms with Crippen molar-refractivity contribution in [3.8, 4) is 0 Å². The van der Waals surface area contributed by atoms with Crippen LogP contribution in [0, 0.1) is 23.7 Å². The standard InChI is InChI=1S/C31H54N2O3/c1-22(11-5-3-6-13-24-17-26-21-27(26)28(34)18-24)33-23(2)12-9-10-16-32-31(35)15-8-4-7-14-25-19-29-30(20-25)36-29/h23-30,33-34H,1,3-21H2,2H3,(H,32,35). The van der Waals surface area contributed by atoms with Gasteiger partial charge in [-0.25, -0.2) is 0 Å². The van der Waals surface area contributed by atoms with Crippen molar-refractivity contribution < 1.29 is 14.6 Å². The van der Waals surface area contributed by atoms with Crippen molar-refractivity contribution in [1.29, 1.82) is 0 Å². The molecule has 4 fully saturated rings. The summed E-state index contributed by atoms with van der Waals surface area (Å²) in [7, 11) is 0. The van der Waals surface area contributed by atoms with Gasteiger partial charge in [0.1, 0.15) is 0 Å². The normalized spacial score (nSPS) is 32.9. The average molecular weight is 503 g/mol. The van der Waals surface area contributed by atoms with Crippen LogP contribution in [0.2, 0.25) is 0 Å². The zero-order valence-electron chi connectivity index (χ0n) is 23.0. The molecule has 3 N–H and O–H groups in total. The van der Waals surface area contributed by atoms with E-state index in [1.54, 1.807) is 0 Å². The largest absolute Gasteiger partial charge is 0.393 e. The maximum absolute atomic E-state index is 12.1. The molecule has 0 spiro atoms. The molecule has 36 heavy (non-hydrogen) atoms. The van der Waals surface area contributed by atoms with E-state index in [2.05, 4.69) is 24.1 Å². The minimum Gasteiger partial charge on any atom is -0.393 e. The molecule has 1 aliphatic heterocycles. The van der Waals surface area contributed by atoms with Gasteiger partial charge >= 0.3 is 0 Å². The molecule has 3 saturated carbocycles. The number of nitrogens with one attached hydrogen (secondary N) is 2. The van der Waals surface area contributed by atoms with Crippen molar-refractivity contribution in [2.24, 2.45) is 23.7 Å². The van der Waals surface area contributed by atoms with E-state index in [9.17, 15) is 9.90 Å². The number of aliphatic hydroxyl groups is 1. The molecule has 0 aromatic carbocycles. The van der Waals surface area contributed by atoms with Gasteiger partial charge in [-0.2, -0.15) is 0 Å². The van der Waals surface area contributed by atoms with Crippen molar-refractivity contribution in [3.05, 3.63) is 12.3 Å². The Hall–Kier alpha value is -1.07. The third-order valence-corrected chi connectivity index (χ3v) is 9.45. The smallest absolute Gasteiger partial charge is 0.219 e. The van der Waals surface area contributed by atoms with Gasteiger partial charge in [-0.1, -0.05) is 45.1 Å². The van der Waals surface area contributed by atoms with Crippen LogP contribution in [-0.2, 0) is 9.53 Å². The number of hydrogen-bond acceptors (Lipinski definition) is 4. The SMILES string of the molecule is C=C(CCCCCC1CC(O)C2CC2C1)NC(C)CCCCNC(=O)CCCCCC1CC2OC2C1. The molecule has 206 valence electrons. The van der Waals surface area contributed by atoms with Gasteiger partial charge in [0.05, 0.1) is 18.3 Å². The van der Waals surface area contributed by atoms with Crippen molar-refractivity contribution in [2.75, 3.05) is 6.54 Å². The summed E-state index contributed by atoms with van der Waals surface area (Å²) in [6.07, 6.45) is 22.4. The molecule has 0 bridgehead atoms. The van der Waals surface area contributed by atoms with Gasteiger partial charge in [-0.3, -0.25) is 4.79 Å². The number of epoxide rings is 1. The molecule has 1 heterocycles. The summed E-state index contributed by atoms with van der Waals surface area (Å²) in [5, 5.41) is 16.8. The third kappa shape index (κ3) is 9.67. The molecule has 7 atom stereocenters. The first kappa shape index (κ1) is 28.0. The summed E-state index contributed by atoms with van der Waals surface area (Å²) in [4.78, 5) is 12.1. The lowest BCUT2D eigenvalue weighted by molar-refractivity contribution is -0.121. The fourth-order valence-corrected chi connectivity index (χ4v) is 7.10. The van der Waals surface area contributed by atoms with Crippen molar-refractivity contribution in [3.63, 3.8) is 0 Å². The van der Waals surface area contributed by atoms with Crippen LogP contribution in [0.1, 0.15) is 122 Å². The van der Waals surface area contributed by atoms with Crippen LogP contribution in [0.25, 0.3) is 0 Å². The minimum atomic E-state index is -0.00157. The van der Waals surface area contributed by atoms with Crippen molar-refractivity contribution in [2.45, 2.75) is 147 Å². The summed E-state index contributed by atoms with van der Waals surface area (Å²) in [6.45, 7) is 7.28. The Morgan fingerprint density at radius 1 is 0.889 bits per heavy atom. The minimum absolute atomic E-state index is 0.00157. The third-order valence-electron chi connectivity index (χ3n) is 9.45. The Balaban J connectivity index is 0.888. The number of allylic oxidation sites excluding steroid dienone is 1. The maximum atomic E-state index is 12.1. The highest BCUT2D eigenvalue weighted by Gasteiger charge is 2.48. The van der Waals surface area contributed by atoms with Gasteiger partial charge in [-0.15, -0.1) is 0 Å². The van der Waals surface area contributed by atoms with E-state index in [4.69, 9.17) is 4.74 Å². The second-order valence-corrected chi connectivity index (χ2v) is 12.8. The Bertz CT molecular complexity index is 687. The van der Waals surface area contributed by atoms with Gasteiger partial charge in [0.15, 0.2) is 0 Å². The van der Waals surface area contributed by atoms with E-state index < -0.39 is 0 Å². The number of unbranched alkanes of at least 4 members (excludes halogenated alkanes) is 5. The number of hydrogen-bond donors (Lipinski definition) is 3. The molecule has 3 aliphatic carbocycles. The predicted molar refractivity (Wildman–Crippen MR) is 146 cm³/mol. The van der Waals surface area contributed by atoms with Crippen molar-refractivity contribution >= 4 is 5.91 Å². The van der Waals surface area contributed by atoms with Gasteiger partial charge in [-0.05, 0) is 101 Å². The van der Waals surface area contributed by atoms with Crippen LogP contribution in [0.4, 0.5) is 0 Å². The molecule has 0 radical (unpaired) electrons. The molecule has 0 aromatic heterocycles. The second-order valence-electron chi connectivity index (χ2n) is 12.8. The molecule has 1 amide bonds. The first-order chi connectivity index (χ1) is 17.5. The maximum Gasteiger partial charge on any atom is 0.219 e. The molecular weight excluding hydrogens is 448 g/mol. The summed E-state index contributed by atoms with van der Waals surface area (Å²) in [5.41, 5.74) is 1.17. The van der Waals surface area contributed by atoms with Crippen molar-refractivity contribution in [1.82, 2.24) is 10.6 Å². The highest BCUT2D eigenvalue weighted by molar-refractivity contribution is 5.75. The molecule has 7 unspecified atom stereocenters. The van der Waals surface area contributed by atoms with Crippen LogP contribution < -0.4 is 10.6 Å². The second kappa shape index (κ2) is 14.2. The Kier molecular flexibility index (Phi) is 11.0. The van der Waals surface area contributed by atoms with E-state index in [1.807, 2.05) is 0 Å². The molecular formula is C31H54N2O3. The molecule has 5 heteroatoms. The van der Waals surface area contributed by atoms with Crippen LogP contribution >= 0.6 is 0 Å². The number of ether oxygens (including phenoxy) is 1. The van der Waals surface area contributed by atoms with Gasteiger partial charge < -0.3 is 20.5 Å². The lowest BCUT2D eigenvalue weighted by Crippen LogP contribution is -2.26. The van der Waals surface area contributed by atoms with E-state index in [0.29, 0.717) is 30.6 Å². The molecule has 4 aliphatic rings. The number of fused-ring (bicyclic) bond motifs is 2. The quantitative estimate of drug-likeness (QED) is 0.144. The number of amides is 1. The first-order valence-electron chi connectivity index (χ1n) is 15.5. The highest BCUT2D eigenvalue weighted by atomic mass is 16.6. The molecule has 4 rings (SSSR count). The van der Waals surface area contributed by atoms with Crippen LogP contribution in [0.5, 0.6) is 0 Å². The predicted octanol–water partition coefficient (Wildman–Crippen LogP) is 6.25. The number of rotatable bonds is 19. The summed E-state index contributed by atoms with van der Waals surface area (Å²) < 4.78 is 5.50. The average Bonchev–Trinajstić information content (AvgIpc) is 3.75. The lowest BCUT2D eigenvalue weighted by atomic mass is 9.84.